The van der Waals surface area contributed by atoms with E-state index in [4.69, 9.17) is 0 Å². The van der Waals surface area contributed by atoms with Gasteiger partial charge < -0.3 is 5.32 Å². The lowest BCUT2D eigenvalue weighted by atomic mass is 9.74. The van der Waals surface area contributed by atoms with E-state index in [1.807, 2.05) is 12.1 Å². The van der Waals surface area contributed by atoms with E-state index in [2.05, 4.69) is 33.0 Å². The summed E-state index contributed by atoms with van der Waals surface area (Å²) in [4.78, 5) is 0. The van der Waals surface area contributed by atoms with Crippen molar-refractivity contribution in [2.24, 2.45) is 11.3 Å². The normalized spacial score (nSPS) is 23.5. The van der Waals surface area contributed by atoms with Gasteiger partial charge in [0.05, 0.1) is 0 Å². The van der Waals surface area contributed by atoms with Gasteiger partial charge in [-0.3, -0.25) is 0 Å². The highest BCUT2D eigenvalue weighted by Crippen LogP contribution is 2.37. The van der Waals surface area contributed by atoms with Crippen LogP contribution in [0.4, 0.5) is 4.39 Å². The molecule has 0 amide bonds. The fourth-order valence-corrected chi connectivity index (χ4v) is 2.43. The second kappa shape index (κ2) is 5.62. The average Bonchev–Trinajstić information content (AvgIpc) is 2.26. The molecule has 1 aliphatic rings. The van der Waals surface area contributed by atoms with Crippen LogP contribution in [-0.4, -0.2) is 12.6 Å². The SMILES string of the molecule is CC(C)C(C)(C)CNC1CC(c2cccc(F)c2)C1. The van der Waals surface area contributed by atoms with Crippen molar-refractivity contribution < 1.29 is 4.39 Å². The summed E-state index contributed by atoms with van der Waals surface area (Å²) in [6.07, 6.45) is 2.27. The number of hydrogen-bond donors (Lipinski definition) is 1. The minimum atomic E-state index is -0.116. The van der Waals surface area contributed by atoms with Crippen molar-refractivity contribution in [2.45, 2.75) is 52.5 Å². The summed E-state index contributed by atoms with van der Waals surface area (Å²) in [6.45, 7) is 10.2. The zero-order valence-electron chi connectivity index (χ0n) is 12.5. The zero-order valence-corrected chi connectivity index (χ0v) is 12.5. The molecule has 0 saturated heterocycles. The third-order valence-electron chi connectivity index (χ3n) is 4.87. The molecule has 1 fully saturated rings. The average molecular weight is 263 g/mol. The van der Waals surface area contributed by atoms with Crippen LogP contribution in [0, 0.1) is 17.2 Å². The highest BCUT2D eigenvalue weighted by atomic mass is 19.1. The first kappa shape index (κ1) is 14.5. The number of hydrogen-bond acceptors (Lipinski definition) is 1. The van der Waals surface area contributed by atoms with E-state index < -0.39 is 0 Å². The third kappa shape index (κ3) is 3.56. The maximum Gasteiger partial charge on any atom is 0.123 e. The maximum absolute atomic E-state index is 13.2. The Morgan fingerprint density at radius 1 is 1.32 bits per heavy atom. The van der Waals surface area contributed by atoms with Gasteiger partial charge in [-0.15, -0.1) is 0 Å². The zero-order chi connectivity index (χ0) is 14.0. The molecule has 2 heteroatoms. The Morgan fingerprint density at radius 2 is 2.00 bits per heavy atom. The smallest absolute Gasteiger partial charge is 0.123 e. The summed E-state index contributed by atoms with van der Waals surface area (Å²) in [5.74, 6) is 1.10. The van der Waals surface area contributed by atoms with Crippen molar-refractivity contribution >= 4 is 0 Å². The van der Waals surface area contributed by atoms with Crippen LogP contribution in [0.15, 0.2) is 24.3 Å². The minimum Gasteiger partial charge on any atom is -0.313 e. The Balaban J connectivity index is 1.78. The monoisotopic (exact) mass is 263 g/mol. The molecule has 0 heterocycles. The van der Waals surface area contributed by atoms with Crippen LogP contribution in [0.3, 0.4) is 0 Å². The largest absolute Gasteiger partial charge is 0.313 e. The summed E-state index contributed by atoms with van der Waals surface area (Å²) in [6, 6.07) is 7.66. The lowest BCUT2D eigenvalue weighted by molar-refractivity contribution is 0.197. The molecule has 1 saturated carbocycles. The number of rotatable bonds is 5. The van der Waals surface area contributed by atoms with E-state index in [0.717, 1.165) is 24.9 Å². The molecule has 1 aromatic carbocycles. The van der Waals surface area contributed by atoms with E-state index in [0.29, 0.717) is 23.3 Å². The molecule has 1 aromatic rings. The van der Waals surface area contributed by atoms with Gasteiger partial charge in [0.2, 0.25) is 0 Å². The predicted molar refractivity (Wildman–Crippen MR) is 78.8 cm³/mol. The fraction of sp³-hybridized carbons (Fsp3) is 0.647. The van der Waals surface area contributed by atoms with Gasteiger partial charge in [0.1, 0.15) is 5.82 Å². The lowest BCUT2D eigenvalue weighted by Crippen LogP contribution is -2.45. The molecule has 0 radical (unpaired) electrons. The Morgan fingerprint density at radius 3 is 2.58 bits per heavy atom. The summed E-state index contributed by atoms with van der Waals surface area (Å²) >= 11 is 0. The van der Waals surface area contributed by atoms with Crippen molar-refractivity contribution in [1.29, 1.82) is 0 Å². The van der Waals surface area contributed by atoms with Gasteiger partial charge in [-0.2, -0.15) is 0 Å². The van der Waals surface area contributed by atoms with Crippen LogP contribution in [-0.2, 0) is 0 Å². The van der Waals surface area contributed by atoms with E-state index in [-0.39, 0.29) is 5.82 Å². The molecule has 106 valence electrons. The van der Waals surface area contributed by atoms with Crippen molar-refractivity contribution in [2.75, 3.05) is 6.54 Å². The van der Waals surface area contributed by atoms with E-state index in [1.165, 1.54) is 6.07 Å². The first-order valence-corrected chi connectivity index (χ1v) is 7.37. The van der Waals surface area contributed by atoms with E-state index in [9.17, 15) is 4.39 Å². The van der Waals surface area contributed by atoms with Crippen molar-refractivity contribution in [3.05, 3.63) is 35.6 Å². The van der Waals surface area contributed by atoms with Crippen molar-refractivity contribution in [3.8, 4) is 0 Å². The van der Waals surface area contributed by atoms with Gasteiger partial charge in [-0.25, -0.2) is 4.39 Å². The molecular weight excluding hydrogens is 237 g/mol. The molecule has 0 aliphatic heterocycles. The molecular formula is C17H26FN. The Hall–Kier alpha value is -0.890. The maximum atomic E-state index is 13.2. The van der Waals surface area contributed by atoms with E-state index >= 15 is 0 Å². The second-order valence-corrected chi connectivity index (χ2v) is 6.94. The van der Waals surface area contributed by atoms with Crippen LogP contribution in [0.5, 0.6) is 0 Å². The van der Waals surface area contributed by atoms with Gasteiger partial charge in [-0.05, 0) is 47.8 Å². The topological polar surface area (TPSA) is 12.0 Å². The van der Waals surface area contributed by atoms with Gasteiger partial charge in [0.15, 0.2) is 0 Å². The molecule has 0 unspecified atom stereocenters. The molecule has 1 nitrogen and oxygen atoms in total. The molecule has 0 bridgehead atoms. The molecule has 0 atom stereocenters. The lowest BCUT2D eigenvalue weighted by Gasteiger charge is -2.39. The quantitative estimate of drug-likeness (QED) is 0.833. The predicted octanol–water partition coefficient (Wildman–Crippen LogP) is 4.34. The summed E-state index contributed by atoms with van der Waals surface area (Å²) in [5.41, 5.74) is 1.49. The first-order valence-electron chi connectivity index (χ1n) is 7.37. The van der Waals surface area contributed by atoms with Crippen molar-refractivity contribution in [3.63, 3.8) is 0 Å². The third-order valence-corrected chi connectivity index (χ3v) is 4.87. The highest BCUT2D eigenvalue weighted by molar-refractivity contribution is 5.23. The Labute approximate surface area is 116 Å². The molecule has 1 N–H and O–H groups in total. The Kier molecular flexibility index (Phi) is 4.29. The molecule has 0 aromatic heterocycles. The van der Waals surface area contributed by atoms with Crippen LogP contribution in [0.25, 0.3) is 0 Å². The minimum absolute atomic E-state index is 0.116. The molecule has 19 heavy (non-hydrogen) atoms. The molecule has 2 rings (SSSR count). The van der Waals surface area contributed by atoms with Gasteiger partial charge in [-0.1, -0.05) is 39.8 Å². The summed E-state index contributed by atoms with van der Waals surface area (Å²) in [5, 5.41) is 3.66. The number of halogens is 1. The summed E-state index contributed by atoms with van der Waals surface area (Å²) in [7, 11) is 0. The highest BCUT2D eigenvalue weighted by Gasteiger charge is 2.32. The van der Waals surface area contributed by atoms with Crippen LogP contribution < -0.4 is 5.32 Å². The molecule has 1 aliphatic carbocycles. The first-order chi connectivity index (χ1) is 8.88. The second-order valence-electron chi connectivity index (χ2n) is 6.94. The number of benzene rings is 1. The van der Waals surface area contributed by atoms with Crippen LogP contribution in [0.1, 0.15) is 52.0 Å². The number of nitrogens with one attached hydrogen (secondary N) is 1. The Bertz CT molecular complexity index is 419. The van der Waals surface area contributed by atoms with Gasteiger partial charge in [0.25, 0.3) is 0 Å². The fourth-order valence-electron chi connectivity index (χ4n) is 2.43. The standard InChI is InChI=1S/C17H26FN/c1-12(2)17(3,4)11-19-16-9-14(10-16)13-6-5-7-15(18)8-13/h5-8,12,14,16,19H,9-11H2,1-4H3. The van der Waals surface area contributed by atoms with Gasteiger partial charge in [0, 0.05) is 12.6 Å². The van der Waals surface area contributed by atoms with Crippen molar-refractivity contribution in [1.82, 2.24) is 5.32 Å². The van der Waals surface area contributed by atoms with Crippen LogP contribution in [0.2, 0.25) is 0 Å². The van der Waals surface area contributed by atoms with Gasteiger partial charge >= 0.3 is 0 Å². The molecule has 0 spiro atoms. The summed E-state index contributed by atoms with van der Waals surface area (Å²) < 4.78 is 13.2. The van der Waals surface area contributed by atoms with E-state index in [1.54, 1.807) is 6.07 Å². The van der Waals surface area contributed by atoms with Crippen LogP contribution >= 0.6 is 0 Å².